The molecular weight excluding hydrogens is 568 g/mol. The van der Waals surface area contributed by atoms with Gasteiger partial charge in [0.1, 0.15) is 28.6 Å². The van der Waals surface area contributed by atoms with Crippen molar-refractivity contribution >= 4 is 27.5 Å². The lowest BCUT2D eigenvalue weighted by Crippen LogP contribution is -2.41. The second-order valence-corrected chi connectivity index (χ2v) is 12.1. The molecule has 0 unspecified atom stereocenters. The number of rotatable bonds is 8. The summed E-state index contributed by atoms with van der Waals surface area (Å²) in [5.74, 6) is -0.570. The number of fused-ring (bicyclic) bond motifs is 2. The third-order valence-electron chi connectivity index (χ3n) is 9.05. The molecule has 1 N–H and O–H groups in total. The Morgan fingerprint density at radius 2 is 1.80 bits per heavy atom. The van der Waals surface area contributed by atoms with Gasteiger partial charge in [0.05, 0.1) is 31.8 Å². The minimum Gasteiger partial charge on any atom is -0.508 e. The lowest BCUT2D eigenvalue weighted by molar-refractivity contribution is 0.0231. The van der Waals surface area contributed by atoms with Gasteiger partial charge in [-0.25, -0.2) is 8.78 Å². The van der Waals surface area contributed by atoms with Crippen molar-refractivity contribution in [1.29, 1.82) is 0 Å². The molecule has 44 heavy (non-hydrogen) atoms. The fourth-order valence-electron chi connectivity index (χ4n) is 6.48. The van der Waals surface area contributed by atoms with E-state index in [1.54, 1.807) is 18.3 Å². The van der Waals surface area contributed by atoms with Crippen LogP contribution < -0.4 is 9.64 Å². The van der Waals surface area contributed by atoms with Gasteiger partial charge >= 0.3 is 6.01 Å². The topological polar surface area (TPSA) is 93.1 Å². The molecular formula is C33H37F2N5O4. The van der Waals surface area contributed by atoms with E-state index in [-0.39, 0.29) is 34.2 Å². The quantitative estimate of drug-likeness (QED) is 0.294. The molecule has 0 radical (unpaired) electrons. The number of aromatic nitrogens is 3. The summed E-state index contributed by atoms with van der Waals surface area (Å²) in [6.07, 6.45) is 4.87. The van der Waals surface area contributed by atoms with Crippen LogP contribution in [0.3, 0.4) is 0 Å². The van der Waals surface area contributed by atoms with Gasteiger partial charge in [-0.2, -0.15) is 9.97 Å². The number of phenols is 1. The first-order valence-electron chi connectivity index (χ1n) is 15.5. The summed E-state index contributed by atoms with van der Waals surface area (Å²) >= 11 is 0. The van der Waals surface area contributed by atoms with Crippen LogP contribution in [0.15, 0.2) is 30.5 Å². The van der Waals surface area contributed by atoms with Gasteiger partial charge < -0.3 is 24.2 Å². The second kappa shape index (κ2) is 12.0. The van der Waals surface area contributed by atoms with Gasteiger partial charge in [0, 0.05) is 56.5 Å². The number of hydrogen-bond donors (Lipinski definition) is 1. The predicted molar refractivity (Wildman–Crippen MR) is 163 cm³/mol. The highest BCUT2D eigenvalue weighted by Crippen LogP contribution is 2.47. The number of pyridine rings is 1. The summed E-state index contributed by atoms with van der Waals surface area (Å²) in [6, 6.07) is 6.06. The average Bonchev–Trinajstić information content (AvgIpc) is 3.84. The predicted octanol–water partition coefficient (Wildman–Crippen LogP) is 5.11. The third-order valence-corrected chi connectivity index (χ3v) is 9.05. The molecule has 0 spiro atoms. The number of morpholine rings is 1. The third kappa shape index (κ3) is 5.64. The van der Waals surface area contributed by atoms with Gasteiger partial charge in [-0.05, 0) is 60.2 Å². The van der Waals surface area contributed by atoms with Crippen LogP contribution in [-0.4, -0.2) is 90.7 Å². The van der Waals surface area contributed by atoms with Gasteiger partial charge in [-0.15, -0.1) is 0 Å². The van der Waals surface area contributed by atoms with Crippen molar-refractivity contribution in [2.45, 2.75) is 32.6 Å². The zero-order valence-electron chi connectivity index (χ0n) is 25.0. The largest absolute Gasteiger partial charge is 0.508 e. The summed E-state index contributed by atoms with van der Waals surface area (Å²) in [5.41, 5.74) is 0.827. The van der Waals surface area contributed by atoms with E-state index in [4.69, 9.17) is 19.2 Å². The van der Waals surface area contributed by atoms with Gasteiger partial charge in [0.25, 0.3) is 0 Å². The highest BCUT2D eigenvalue weighted by molar-refractivity contribution is 6.01. The molecule has 0 bridgehead atoms. The van der Waals surface area contributed by atoms with Gasteiger partial charge in [-0.1, -0.05) is 13.0 Å². The maximum Gasteiger partial charge on any atom is 0.319 e. The molecule has 9 nitrogen and oxygen atoms in total. The molecule has 11 heteroatoms. The van der Waals surface area contributed by atoms with Crippen molar-refractivity contribution in [3.8, 4) is 23.0 Å². The molecule has 3 aliphatic rings. The normalized spacial score (nSPS) is 18.9. The van der Waals surface area contributed by atoms with Crippen LogP contribution in [0.25, 0.3) is 32.9 Å². The Morgan fingerprint density at radius 3 is 2.59 bits per heavy atom. The van der Waals surface area contributed by atoms with E-state index in [9.17, 15) is 9.50 Å². The molecule has 0 atom stereocenters. The van der Waals surface area contributed by atoms with E-state index in [0.29, 0.717) is 72.4 Å². The molecule has 2 saturated heterocycles. The van der Waals surface area contributed by atoms with Crippen molar-refractivity contribution in [1.82, 2.24) is 19.9 Å². The van der Waals surface area contributed by atoms with E-state index < -0.39 is 5.82 Å². The number of hydrogen-bond acceptors (Lipinski definition) is 9. The maximum absolute atomic E-state index is 16.7. The number of halogens is 2. The zero-order chi connectivity index (χ0) is 30.3. The van der Waals surface area contributed by atoms with E-state index in [0.717, 1.165) is 52.1 Å². The Kier molecular flexibility index (Phi) is 7.94. The van der Waals surface area contributed by atoms with Gasteiger partial charge in [0.2, 0.25) is 0 Å². The van der Waals surface area contributed by atoms with Crippen LogP contribution >= 0.6 is 0 Å². The lowest BCUT2D eigenvalue weighted by Gasteiger charge is -2.30. The minimum absolute atomic E-state index is 0.0144. The number of ether oxygens (including phenoxy) is 3. The Bertz CT molecular complexity index is 1680. The summed E-state index contributed by atoms with van der Waals surface area (Å²) in [5, 5.41) is 12.1. The Balaban J connectivity index is 1.31. The summed E-state index contributed by atoms with van der Waals surface area (Å²) in [7, 11) is 0. The maximum atomic E-state index is 16.7. The molecule has 3 fully saturated rings. The number of aryl methyl sites for hydroxylation is 1. The first-order chi connectivity index (χ1) is 21.4. The average molecular weight is 606 g/mol. The Morgan fingerprint density at radius 1 is 1.00 bits per heavy atom. The SMILES string of the molecule is CCc1c(F)ccc2cc(O)cc(-c3ncc4c(N5CCCOCC5)nc(OCC5(CN6CCOCC6)CC5)nc4c3F)c12. The number of anilines is 1. The van der Waals surface area contributed by atoms with Gasteiger partial charge in [-0.3, -0.25) is 9.88 Å². The van der Waals surface area contributed by atoms with Crippen LogP contribution in [0.5, 0.6) is 11.8 Å². The number of benzene rings is 2. The van der Waals surface area contributed by atoms with Crippen LogP contribution in [0.1, 0.15) is 31.7 Å². The fraction of sp³-hybridized carbons (Fsp3) is 0.485. The summed E-state index contributed by atoms with van der Waals surface area (Å²) in [4.78, 5) is 18.4. The van der Waals surface area contributed by atoms with Gasteiger partial charge in [0.15, 0.2) is 5.82 Å². The summed E-state index contributed by atoms with van der Waals surface area (Å²) in [6.45, 7) is 8.94. The standard InChI is InChI=1S/C33H37F2N5O4/c1-2-23-26(34)5-4-21-16-22(41)17-24(27(21)23)29-28(35)30-25(18-36-29)31(40-8-3-12-42-15-11-40)38-32(37-30)44-20-33(6-7-33)19-39-9-13-43-14-10-39/h4-5,16-18,41H,2-3,6-15,19-20H2,1H3. The molecule has 4 aromatic rings. The van der Waals surface area contributed by atoms with E-state index in [2.05, 4.69) is 19.8 Å². The van der Waals surface area contributed by atoms with Crippen LogP contribution in [0.2, 0.25) is 0 Å². The van der Waals surface area contributed by atoms with E-state index >= 15 is 4.39 Å². The summed E-state index contributed by atoms with van der Waals surface area (Å²) < 4.78 is 49.1. The lowest BCUT2D eigenvalue weighted by atomic mass is 9.94. The molecule has 2 aromatic heterocycles. The molecule has 2 aliphatic heterocycles. The molecule has 1 aliphatic carbocycles. The first-order valence-corrected chi connectivity index (χ1v) is 15.5. The van der Waals surface area contributed by atoms with E-state index in [1.165, 1.54) is 12.1 Å². The van der Waals surface area contributed by atoms with Crippen molar-refractivity contribution in [2.24, 2.45) is 5.41 Å². The monoisotopic (exact) mass is 605 g/mol. The minimum atomic E-state index is -0.672. The molecule has 1 saturated carbocycles. The highest BCUT2D eigenvalue weighted by Gasteiger charge is 2.45. The van der Waals surface area contributed by atoms with Crippen LogP contribution in [0.4, 0.5) is 14.6 Å². The van der Waals surface area contributed by atoms with Crippen molar-refractivity contribution in [2.75, 3.05) is 70.7 Å². The second-order valence-electron chi connectivity index (χ2n) is 12.1. The van der Waals surface area contributed by atoms with Crippen molar-refractivity contribution in [3.05, 3.63) is 47.7 Å². The molecule has 4 heterocycles. The Labute approximate surface area is 254 Å². The zero-order valence-corrected chi connectivity index (χ0v) is 25.0. The molecule has 232 valence electrons. The number of phenolic OH excluding ortho intramolecular Hbond substituents is 1. The van der Waals surface area contributed by atoms with Crippen LogP contribution in [0, 0.1) is 17.0 Å². The van der Waals surface area contributed by atoms with Crippen molar-refractivity contribution < 1.29 is 28.1 Å². The smallest absolute Gasteiger partial charge is 0.319 e. The Hall–Kier alpha value is -3.67. The number of nitrogens with zero attached hydrogens (tertiary/aromatic N) is 5. The fourth-order valence-corrected chi connectivity index (χ4v) is 6.48. The number of aromatic hydroxyl groups is 1. The van der Waals surface area contributed by atoms with Crippen LogP contribution in [-0.2, 0) is 15.9 Å². The van der Waals surface area contributed by atoms with Crippen molar-refractivity contribution in [3.63, 3.8) is 0 Å². The highest BCUT2D eigenvalue weighted by atomic mass is 19.1. The molecule has 2 aromatic carbocycles. The molecule has 0 amide bonds. The van der Waals surface area contributed by atoms with E-state index in [1.807, 2.05) is 6.92 Å². The molecule has 7 rings (SSSR count). The first kappa shape index (κ1) is 29.1.